The van der Waals surface area contributed by atoms with Gasteiger partial charge < -0.3 is 15.4 Å². The van der Waals surface area contributed by atoms with Crippen molar-refractivity contribution >= 4 is 17.8 Å². The molecule has 8 heteroatoms. The van der Waals surface area contributed by atoms with Crippen LogP contribution in [0.1, 0.15) is 18.1 Å². The average molecular weight is 399 g/mol. The van der Waals surface area contributed by atoms with Crippen LogP contribution in [0.15, 0.2) is 48.5 Å². The maximum Gasteiger partial charge on any atom is 0.325 e. The van der Waals surface area contributed by atoms with E-state index in [1.165, 1.54) is 13.2 Å². The van der Waals surface area contributed by atoms with E-state index in [1.54, 1.807) is 49.4 Å². The third-order valence-corrected chi connectivity index (χ3v) is 4.90. The Hall–Kier alpha value is -3.42. The lowest BCUT2D eigenvalue weighted by atomic mass is 9.92. The average Bonchev–Trinajstić information content (AvgIpc) is 2.93. The minimum Gasteiger partial charge on any atom is -0.497 e. The largest absolute Gasteiger partial charge is 0.497 e. The van der Waals surface area contributed by atoms with Gasteiger partial charge in [0.25, 0.3) is 5.91 Å². The minimum atomic E-state index is -1.29. The van der Waals surface area contributed by atoms with Gasteiger partial charge in [-0.05, 0) is 42.7 Å². The minimum absolute atomic E-state index is 0.191. The molecule has 0 unspecified atom stereocenters. The third-order valence-electron chi connectivity index (χ3n) is 4.90. The summed E-state index contributed by atoms with van der Waals surface area (Å²) >= 11 is 0. The van der Waals surface area contributed by atoms with Crippen molar-refractivity contribution in [2.24, 2.45) is 0 Å². The number of imide groups is 1. The normalized spacial score (nSPS) is 18.5. The number of hydrogen-bond acceptors (Lipinski definition) is 4. The van der Waals surface area contributed by atoms with Crippen molar-refractivity contribution in [2.45, 2.75) is 18.9 Å². The Kier molecular flexibility index (Phi) is 5.81. The van der Waals surface area contributed by atoms with Crippen molar-refractivity contribution in [3.8, 4) is 5.75 Å². The maximum atomic E-state index is 13.6. The van der Waals surface area contributed by atoms with Crippen LogP contribution in [-0.4, -0.2) is 42.9 Å². The summed E-state index contributed by atoms with van der Waals surface area (Å²) in [6.07, 6.45) is 0.306. The summed E-state index contributed by atoms with van der Waals surface area (Å²) < 4.78 is 18.8. The fourth-order valence-electron chi connectivity index (χ4n) is 3.21. The van der Waals surface area contributed by atoms with Gasteiger partial charge in [-0.15, -0.1) is 0 Å². The smallest absolute Gasteiger partial charge is 0.325 e. The quantitative estimate of drug-likeness (QED) is 0.697. The van der Waals surface area contributed by atoms with Crippen molar-refractivity contribution in [1.82, 2.24) is 15.5 Å². The second-order valence-electron chi connectivity index (χ2n) is 6.87. The highest BCUT2D eigenvalue weighted by Crippen LogP contribution is 2.30. The van der Waals surface area contributed by atoms with E-state index in [4.69, 9.17) is 4.74 Å². The summed E-state index contributed by atoms with van der Waals surface area (Å²) in [5.74, 6) is -0.820. The molecule has 1 fully saturated rings. The van der Waals surface area contributed by atoms with Crippen LogP contribution in [0.4, 0.5) is 9.18 Å². The van der Waals surface area contributed by atoms with Gasteiger partial charge in [0.1, 0.15) is 23.7 Å². The Morgan fingerprint density at radius 1 is 1.21 bits per heavy atom. The van der Waals surface area contributed by atoms with Crippen molar-refractivity contribution in [3.05, 3.63) is 65.5 Å². The zero-order chi connectivity index (χ0) is 21.0. The summed E-state index contributed by atoms with van der Waals surface area (Å²) in [6.45, 7) is 1.36. The summed E-state index contributed by atoms with van der Waals surface area (Å²) in [7, 11) is 1.51. The summed E-state index contributed by atoms with van der Waals surface area (Å²) in [5, 5.41) is 5.26. The van der Waals surface area contributed by atoms with Gasteiger partial charge in [0.2, 0.25) is 5.91 Å². The Morgan fingerprint density at radius 3 is 2.69 bits per heavy atom. The zero-order valence-corrected chi connectivity index (χ0v) is 16.2. The second-order valence-corrected chi connectivity index (χ2v) is 6.87. The Morgan fingerprint density at radius 2 is 1.97 bits per heavy atom. The molecule has 3 rings (SSSR count). The molecule has 0 aromatic heterocycles. The lowest BCUT2D eigenvalue weighted by Gasteiger charge is -2.22. The van der Waals surface area contributed by atoms with Crippen LogP contribution in [-0.2, 0) is 21.5 Å². The predicted molar refractivity (Wildman–Crippen MR) is 104 cm³/mol. The van der Waals surface area contributed by atoms with Gasteiger partial charge in [-0.2, -0.15) is 0 Å². The number of urea groups is 1. The monoisotopic (exact) mass is 399 g/mol. The molecule has 1 heterocycles. The van der Waals surface area contributed by atoms with Crippen LogP contribution in [0, 0.1) is 5.82 Å². The van der Waals surface area contributed by atoms with E-state index in [-0.39, 0.29) is 12.4 Å². The molecule has 1 aliphatic rings. The highest BCUT2D eigenvalue weighted by molar-refractivity contribution is 6.09. The zero-order valence-electron chi connectivity index (χ0n) is 16.2. The van der Waals surface area contributed by atoms with Gasteiger partial charge in [0, 0.05) is 6.54 Å². The molecule has 1 aliphatic heterocycles. The van der Waals surface area contributed by atoms with Gasteiger partial charge in [-0.1, -0.05) is 30.3 Å². The molecule has 0 saturated carbocycles. The predicted octanol–water partition coefficient (Wildman–Crippen LogP) is 1.96. The van der Waals surface area contributed by atoms with Crippen LogP contribution in [0.2, 0.25) is 0 Å². The summed E-state index contributed by atoms with van der Waals surface area (Å²) in [5.41, 5.74) is -0.259. The molecule has 2 aromatic carbocycles. The van der Waals surface area contributed by atoms with E-state index in [0.717, 1.165) is 4.90 Å². The number of halogens is 1. The first-order chi connectivity index (χ1) is 13.8. The Bertz CT molecular complexity index is 949. The third kappa shape index (κ3) is 4.21. The van der Waals surface area contributed by atoms with E-state index in [0.29, 0.717) is 23.3 Å². The van der Waals surface area contributed by atoms with Crippen LogP contribution in [0.25, 0.3) is 0 Å². The number of methoxy groups -OCH3 is 1. The van der Waals surface area contributed by atoms with Crippen LogP contribution >= 0.6 is 0 Å². The summed E-state index contributed by atoms with van der Waals surface area (Å²) in [6, 6.07) is 12.5. The highest BCUT2D eigenvalue weighted by atomic mass is 19.1. The van der Waals surface area contributed by atoms with Crippen LogP contribution < -0.4 is 15.4 Å². The highest BCUT2D eigenvalue weighted by Gasteiger charge is 2.49. The molecule has 7 nitrogen and oxygen atoms in total. The van der Waals surface area contributed by atoms with Gasteiger partial charge in [0.15, 0.2) is 0 Å². The lowest BCUT2D eigenvalue weighted by Crippen LogP contribution is -2.43. The number of rotatable bonds is 7. The van der Waals surface area contributed by atoms with Crippen molar-refractivity contribution < 1.29 is 23.5 Å². The van der Waals surface area contributed by atoms with Gasteiger partial charge in [-0.3, -0.25) is 14.5 Å². The van der Waals surface area contributed by atoms with E-state index in [2.05, 4.69) is 10.6 Å². The summed E-state index contributed by atoms with van der Waals surface area (Å²) in [4.78, 5) is 38.3. The van der Waals surface area contributed by atoms with Crippen LogP contribution in [0.5, 0.6) is 5.75 Å². The van der Waals surface area contributed by atoms with E-state index in [1.807, 2.05) is 0 Å². The molecule has 2 aromatic rings. The van der Waals surface area contributed by atoms with Crippen molar-refractivity contribution in [1.29, 1.82) is 0 Å². The lowest BCUT2D eigenvalue weighted by molar-refractivity contribution is -0.134. The number of carbonyl (C=O) groups is 3. The molecule has 0 spiro atoms. The maximum absolute atomic E-state index is 13.6. The molecule has 2 N–H and O–H groups in total. The molecule has 0 aliphatic carbocycles. The van der Waals surface area contributed by atoms with Crippen molar-refractivity contribution in [2.75, 3.05) is 20.2 Å². The Labute approximate surface area is 167 Å². The number of hydrogen-bond donors (Lipinski definition) is 2. The Balaban J connectivity index is 1.62. The fourth-order valence-corrected chi connectivity index (χ4v) is 3.21. The molecule has 1 saturated heterocycles. The molecular formula is C21H22FN3O4. The molecular weight excluding hydrogens is 377 g/mol. The SMILES string of the molecule is COc1cccc([C@@]2(C)NC(=O)N(CC(=O)NCCc3ccccc3F)C2=O)c1. The van der Waals surface area contributed by atoms with Gasteiger partial charge in [-0.25, -0.2) is 9.18 Å². The first-order valence-corrected chi connectivity index (χ1v) is 9.14. The molecule has 1 atom stereocenters. The molecule has 29 heavy (non-hydrogen) atoms. The van der Waals surface area contributed by atoms with E-state index in [9.17, 15) is 18.8 Å². The first-order valence-electron chi connectivity index (χ1n) is 9.14. The van der Waals surface area contributed by atoms with Gasteiger partial charge in [0.05, 0.1) is 7.11 Å². The number of amides is 4. The van der Waals surface area contributed by atoms with Crippen molar-refractivity contribution in [3.63, 3.8) is 0 Å². The van der Waals surface area contributed by atoms with Crippen LogP contribution in [0.3, 0.4) is 0 Å². The first kappa shape index (κ1) is 20.3. The molecule has 0 bridgehead atoms. The molecule has 152 valence electrons. The van der Waals surface area contributed by atoms with E-state index >= 15 is 0 Å². The number of benzene rings is 2. The van der Waals surface area contributed by atoms with Gasteiger partial charge >= 0.3 is 6.03 Å². The standard InChI is InChI=1S/C21H22FN3O4/c1-21(15-7-5-8-16(12-15)29-2)19(27)25(20(28)24-21)13-18(26)23-11-10-14-6-3-4-9-17(14)22/h3-9,12H,10-11,13H2,1-2H3,(H,23,26)(H,24,28)/t21-/m1/s1. The fraction of sp³-hybridized carbons (Fsp3) is 0.286. The number of nitrogens with one attached hydrogen (secondary N) is 2. The molecule has 4 amide bonds. The number of carbonyl (C=O) groups excluding carboxylic acids is 3. The molecule has 0 radical (unpaired) electrons. The topological polar surface area (TPSA) is 87.7 Å². The number of ether oxygens (including phenoxy) is 1. The van der Waals surface area contributed by atoms with E-state index < -0.39 is 29.9 Å². The number of nitrogens with zero attached hydrogens (tertiary/aromatic N) is 1. The second kappa shape index (κ2) is 8.30.